The van der Waals surface area contributed by atoms with E-state index in [-0.39, 0.29) is 18.0 Å². The number of amides is 3. The lowest BCUT2D eigenvalue weighted by atomic mass is 10.1. The molecule has 2 aliphatic heterocycles. The Labute approximate surface area is 182 Å². The van der Waals surface area contributed by atoms with Crippen molar-refractivity contribution in [1.29, 1.82) is 0 Å². The van der Waals surface area contributed by atoms with Gasteiger partial charge in [0.2, 0.25) is 0 Å². The number of ether oxygens (including phenoxy) is 1. The van der Waals surface area contributed by atoms with E-state index in [0.717, 1.165) is 18.8 Å². The highest BCUT2D eigenvalue weighted by Gasteiger charge is 2.28. The molecule has 0 bridgehead atoms. The number of nitrogens with one attached hydrogen (secondary N) is 1. The van der Waals surface area contributed by atoms with Crippen molar-refractivity contribution in [3.8, 4) is 5.75 Å². The average Bonchev–Trinajstić information content (AvgIpc) is 3.54. The summed E-state index contributed by atoms with van der Waals surface area (Å²) in [6, 6.07) is 11.5. The SMILES string of the molecule is COc1ccc(C(CNC(=O)N2CCN(C(=O)c3ccco3)CC2)N2CCCC2)cc1. The van der Waals surface area contributed by atoms with E-state index < -0.39 is 0 Å². The van der Waals surface area contributed by atoms with Gasteiger partial charge in [-0.3, -0.25) is 9.69 Å². The first-order valence-electron chi connectivity index (χ1n) is 10.9. The third-order valence-electron chi connectivity index (χ3n) is 6.11. The van der Waals surface area contributed by atoms with Crippen molar-refractivity contribution >= 4 is 11.9 Å². The van der Waals surface area contributed by atoms with Crippen LogP contribution in [0.2, 0.25) is 0 Å². The predicted molar refractivity (Wildman–Crippen MR) is 116 cm³/mol. The first-order chi connectivity index (χ1) is 15.2. The van der Waals surface area contributed by atoms with Crippen molar-refractivity contribution in [2.24, 2.45) is 0 Å². The molecule has 2 aliphatic rings. The molecule has 1 atom stereocenters. The van der Waals surface area contributed by atoms with Gasteiger partial charge in [-0.25, -0.2) is 4.79 Å². The Balaban J connectivity index is 1.32. The zero-order chi connectivity index (χ0) is 21.6. The summed E-state index contributed by atoms with van der Waals surface area (Å²) in [5, 5.41) is 3.12. The van der Waals surface area contributed by atoms with E-state index in [9.17, 15) is 9.59 Å². The van der Waals surface area contributed by atoms with Crippen LogP contribution in [0.3, 0.4) is 0 Å². The Kier molecular flexibility index (Phi) is 6.76. The summed E-state index contributed by atoms with van der Waals surface area (Å²) < 4.78 is 10.5. The molecule has 1 unspecified atom stereocenters. The van der Waals surface area contributed by atoms with E-state index in [1.54, 1.807) is 29.0 Å². The number of likely N-dealkylation sites (tertiary alicyclic amines) is 1. The van der Waals surface area contributed by atoms with Gasteiger partial charge in [-0.1, -0.05) is 12.1 Å². The molecule has 8 heteroatoms. The molecule has 1 N–H and O–H groups in total. The van der Waals surface area contributed by atoms with Gasteiger partial charge < -0.3 is 24.3 Å². The minimum absolute atomic E-state index is 0.0807. The number of carbonyl (C=O) groups is 2. The van der Waals surface area contributed by atoms with Crippen molar-refractivity contribution in [2.75, 3.05) is 52.9 Å². The number of benzene rings is 1. The Morgan fingerprint density at radius 3 is 2.29 bits per heavy atom. The van der Waals surface area contributed by atoms with Crippen LogP contribution >= 0.6 is 0 Å². The second kappa shape index (κ2) is 9.87. The number of nitrogens with zero attached hydrogens (tertiary/aromatic N) is 3. The minimum atomic E-state index is -0.126. The summed E-state index contributed by atoms with van der Waals surface area (Å²) in [7, 11) is 1.66. The van der Waals surface area contributed by atoms with Crippen LogP contribution in [0, 0.1) is 0 Å². The van der Waals surface area contributed by atoms with Gasteiger partial charge in [-0.05, 0) is 55.8 Å². The number of rotatable bonds is 6. The third-order valence-corrected chi connectivity index (χ3v) is 6.11. The lowest BCUT2D eigenvalue weighted by Gasteiger charge is -2.35. The molecular weight excluding hydrogens is 396 g/mol. The van der Waals surface area contributed by atoms with Crippen LogP contribution in [0.5, 0.6) is 5.75 Å². The summed E-state index contributed by atoms with van der Waals surface area (Å²) in [5.41, 5.74) is 1.18. The van der Waals surface area contributed by atoms with Gasteiger partial charge in [0.25, 0.3) is 5.91 Å². The van der Waals surface area contributed by atoms with Gasteiger partial charge in [0.1, 0.15) is 5.75 Å². The largest absolute Gasteiger partial charge is 0.497 e. The van der Waals surface area contributed by atoms with E-state index >= 15 is 0 Å². The molecule has 1 aromatic carbocycles. The maximum Gasteiger partial charge on any atom is 0.317 e. The van der Waals surface area contributed by atoms with Crippen molar-refractivity contribution in [3.63, 3.8) is 0 Å². The zero-order valence-corrected chi connectivity index (χ0v) is 18.0. The fourth-order valence-corrected chi connectivity index (χ4v) is 4.30. The molecule has 3 heterocycles. The van der Waals surface area contributed by atoms with E-state index in [1.165, 1.54) is 24.7 Å². The number of hydrogen-bond acceptors (Lipinski definition) is 5. The minimum Gasteiger partial charge on any atom is -0.497 e. The van der Waals surface area contributed by atoms with Crippen LogP contribution < -0.4 is 10.1 Å². The second-order valence-corrected chi connectivity index (χ2v) is 7.97. The highest BCUT2D eigenvalue weighted by atomic mass is 16.5. The quantitative estimate of drug-likeness (QED) is 0.768. The Morgan fingerprint density at radius 2 is 1.68 bits per heavy atom. The molecule has 2 saturated heterocycles. The normalized spacial score (nSPS) is 18.1. The van der Waals surface area contributed by atoms with Crippen LogP contribution in [0.15, 0.2) is 47.1 Å². The van der Waals surface area contributed by atoms with Gasteiger partial charge in [0, 0.05) is 32.7 Å². The molecule has 0 saturated carbocycles. The predicted octanol–water partition coefficient (Wildman–Crippen LogP) is 2.59. The Bertz CT molecular complexity index is 854. The Hall–Kier alpha value is -3.00. The van der Waals surface area contributed by atoms with Gasteiger partial charge in [-0.15, -0.1) is 0 Å². The van der Waals surface area contributed by atoms with E-state index in [2.05, 4.69) is 22.3 Å². The monoisotopic (exact) mass is 426 g/mol. The number of furan rings is 1. The lowest BCUT2D eigenvalue weighted by molar-refractivity contribution is 0.0633. The third kappa shape index (κ3) is 5.02. The molecule has 2 fully saturated rings. The van der Waals surface area contributed by atoms with Gasteiger partial charge in [-0.2, -0.15) is 0 Å². The highest BCUT2D eigenvalue weighted by Crippen LogP contribution is 2.26. The lowest BCUT2D eigenvalue weighted by Crippen LogP contribution is -2.53. The number of methoxy groups -OCH3 is 1. The number of urea groups is 1. The van der Waals surface area contributed by atoms with Crippen LogP contribution in [-0.4, -0.2) is 79.6 Å². The maximum atomic E-state index is 12.8. The molecule has 4 rings (SSSR count). The average molecular weight is 427 g/mol. The first-order valence-corrected chi connectivity index (χ1v) is 10.9. The molecule has 0 aliphatic carbocycles. The summed E-state index contributed by atoms with van der Waals surface area (Å²) in [6.07, 6.45) is 3.87. The number of hydrogen-bond donors (Lipinski definition) is 1. The van der Waals surface area contributed by atoms with Crippen molar-refractivity contribution in [2.45, 2.75) is 18.9 Å². The molecule has 2 aromatic rings. The van der Waals surface area contributed by atoms with Crippen LogP contribution in [0.25, 0.3) is 0 Å². The van der Waals surface area contributed by atoms with Crippen molar-refractivity contribution < 1.29 is 18.7 Å². The summed E-state index contributed by atoms with van der Waals surface area (Å²) in [6.45, 7) is 4.66. The number of carbonyl (C=O) groups excluding carboxylic acids is 2. The molecule has 3 amide bonds. The van der Waals surface area contributed by atoms with E-state index in [4.69, 9.17) is 9.15 Å². The molecular formula is C23H30N4O4. The maximum absolute atomic E-state index is 12.8. The van der Waals surface area contributed by atoms with Crippen molar-refractivity contribution in [3.05, 3.63) is 54.0 Å². The van der Waals surface area contributed by atoms with Crippen molar-refractivity contribution in [1.82, 2.24) is 20.0 Å². The fraction of sp³-hybridized carbons (Fsp3) is 0.478. The number of piperazine rings is 1. The summed E-state index contributed by atoms with van der Waals surface area (Å²) in [4.78, 5) is 31.1. The van der Waals surface area contributed by atoms with Gasteiger partial charge in [0.05, 0.1) is 19.4 Å². The summed E-state index contributed by atoms with van der Waals surface area (Å²) >= 11 is 0. The molecule has 31 heavy (non-hydrogen) atoms. The van der Waals surface area contributed by atoms with E-state index in [0.29, 0.717) is 38.5 Å². The molecule has 1 aromatic heterocycles. The highest BCUT2D eigenvalue weighted by molar-refractivity contribution is 5.91. The topological polar surface area (TPSA) is 78.3 Å². The molecule has 8 nitrogen and oxygen atoms in total. The Morgan fingerprint density at radius 1 is 1.00 bits per heavy atom. The van der Waals surface area contributed by atoms with E-state index in [1.807, 2.05) is 12.1 Å². The smallest absolute Gasteiger partial charge is 0.317 e. The standard InChI is InChI=1S/C23H30N4O4/c1-30-19-8-6-18(7-9-19)20(25-10-2-3-11-25)17-24-23(29)27-14-12-26(13-15-27)22(28)21-5-4-16-31-21/h4-9,16,20H,2-3,10-15,17H2,1H3,(H,24,29). The zero-order valence-electron chi connectivity index (χ0n) is 18.0. The fourth-order valence-electron chi connectivity index (χ4n) is 4.30. The molecule has 0 spiro atoms. The van der Waals surface area contributed by atoms with Crippen LogP contribution in [0.1, 0.15) is 35.0 Å². The van der Waals surface area contributed by atoms with Gasteiger partial charge >= 0.3 is 6.03 Å². The van der Waals surface area contributed by atoms with Crippen LogP contribution in [-0.2, 0) is 0 Å². The molecule has 0 radical (unpaired) electrons. The second-order valence-electron chi connectivity index (χ2n) is 7.97. The summed E-state index contributed by atoms with van der Waals surface area (Å²) in [5.74, 6) is 1.04. The molecule has 166 valence electrons. The van der Waals surface area contributed by atoms with Gasteiger partial charge in [0.15, 0.2) is 5.76 Å². The first kappa shape index (κ1) is 21.2. The van der Waals surface area contributed by atoms with Crippen LogP contribution in [0.4, 0.5) is 4.79 Å².